The fourth-order valence-corrected chi connectivity index (χ4v) is 2.72. The van der Waals surface area contributed by atoms with E-state index in [0.717, 1.165) is 25.1 Å². The van der Waals surface area contributed by atoms with Gasteiger partial charge < -0.3 is 5.11 Å². The number of β-amino-alcohol motifs (C(OH)–C–C–N with tert-alkyl or cyclic N) is 1. The Hall–Kier alpha value is -0.860. The summed E-state index contributed by atoms with van der Waals surface area (Å²) in [5, 5.41) is 10.8. The molecule has 0 bridgehead atoms. The van der Waals surface area contributed by atoms with Gasteiger partial charge in [-0.3, -0.25) is 4.90 Å². The van der Waals surface area contributed by atoms with Crippen LogP contribution in [0.1, 0.15) is 37.0 Å². The van der Waals surface area contributed by atoms with Crippen LogP contribution in [-0.2, 0) is 5.60 Å². The average molecular weight is 233 g/mol. The van der Waals surface area contributed by atoms with Gasteiger partial charge in [-0.2, -0.15) is 0 Å². The van der Waals surface area contributed by atoms with Crippen molar-refractivity contribution in [2.75, 3.05) is 13.1 Å². The Morgan fingerprint density at radius 2 is 2.00 bits per heavy atom. The van der Waals surface area contributed by atoms with Crippen molar-refractivity contribution in [3.63, 3.8) is 0 Å². The number of hydrogen-bond acceptors (Lipinski definition) is 2. The molecule has 2 nitrogen and oxygen atoms in total. The third kappa shape index (κ3) is 2.38. The van der Waals surface area contributed by atoms with E-state index < -0.39 is 5.60 Å². The van der Waals surface area contributed by atoms with Crippen LogP contribution < -0.4 is 0 Å². The van der Waals surface area contributed by atoms with Crippen molar-refractivity contribution >= 4 is 0 Å². The van der Waals surface area contributed by atoms with Crippen molar-refractivity contribution in [2.24, 2.45) is 0 Å². The largest absolute Gasteiger partial charge is 0.384 e. The molecule has 17 heavy (non-hydrogen) atoms. The molecule has 2 heteroatoms. The Morgan fingerprint density at radius 1 is 1.29 bits per heavy atom. The quantitative estimate of drug-likeness (QED) is 0.848. The molecule has 1 aromatic rings. The first-order valence-electron chi connectivity index (χ1n) is 6.46. The van der Waals surface area contributed by atoms with Crippen LogP contribution >= 0.6 is 0 Å². The number of aliphatic hydroxyl groups is 1. The van der Waals surface area contributed by atoms with E-state index in [1.54, 1.807) is 0 Å². The second kappa shape index (κ2) is 4.43. The van der Waals surface area contributed by atoms with Gasteiger partial charge in [0.15, 0.2) is 0 Å². The van der Waals surface area contributed by atoms with E-state index in [-0.39, 0.29) is 0 Å². The van der Waals surface area contributed by atoms with Crippen molar-refractivity contribution in [1.82, 2.24) is 4.90 Å². The Balaban J connectivity index is 2.30. The van der Waals surface area contributed by atoms with Gasteiger partial charge >= 0.3 is 0 Å². The highest BCUT2D eigenvalue weighted by atomic mass is 16.3. The number of aryl methyl sites for hydroxylation is 2. The Kier molecular flexibility index (Phi) is 3.28. The monoisotopic (exact) mass is 233 g/mol. The first kappa shape index (κ1) is 12.6. The number of rotatable bonds is 2. The zero-order valence-electron chi connectivity index (χ0n) is 11.3. The summed E-state index contributed by atoms with van der Waals surface area (Å²) in [6, 6.07) is 6.87. The molecule has 2 rings (SSSR count). The number of likely N-dealkylation sites (tertiary alicyclic amines) is 1. The van der Waals surface area contributed by atoms with Gasteiger partial charge in [0.2, 0.25) is 0 Å². The molecule has 1 aliphatic heterocycles. The number of nitrogens with zero attached hydrogens (tertiary/aromatic N) is 1. The van der Waals surface area contributed by atoms with Gasteiger partial charge in [-0.05, 0) is 45.2 Å². The van der Waals surface area contributed by atoms with E-state index in [0.29, 0.717) is 6.04 Å². The summed E-state index contributed by atoms with van der Waals surface area (Å²) in [5.74, 6) is 0. The topological polar surface area (TPSA) is 23.5 Å². The molecular formula is C15H23NO. The molecule has 1 aliphatic rings. The molecule has 1 atom stereocenters. The lowest BCUT2D eigenvalue weighted by atomic mass is 9.88. The lowest BCUT2D eigenvalue weighted by molar-refractivity contribution is 0.0418. The lowest BCUT2D eigenvalue weighted by Gasteiger charge is -2.27. The molecule has 1 N–H and O–H groups in total. The minimum Gasteiger partial charge on any atom is -0.384 e. The molecule has 0 radical (unpaired) electrons. The van der Waals surface area contributed by atoms with Gasteiger partial charge in [-0.25, -0.2) is 0 Å². The third-order valence-electron chi connectivity index (χ3n) is 3.90. The van der Waals surface area contributed by atoms with Crippen LogP contribution in [0.15, 0.2) is 18.2 Å². The van der Waals surface area contributed by atoms with E-state index in [4.69, 9.17) is 0 Å². The molecule has 0 aromatic heterocycles. The van der Waals surface area contributed by atoms with Gasteiger partial charge in [0.25, 0.3) is 0 Å². The van der Waals surface area contributed by atoms with Crippen LogP contribution in [0.2, 0.25) is 0 Å². The predicted octanol–water partition coefficient (Wildman–Crippen LogP) is 2.61. The molecule has 1 heterocycles. The van der Waals surface area contributed by atoms with E-state index >= 15 is 0 Å². The molecule has 0 spiro atoms. The number of benzene rings is 1. The first-order chi connectivity index (χ1) is 7.92. The van der Waals surface area contributed by atoms with Gasteiger partial charge in [-0.1, -0.05) is 23.8 Å². The fourth-order valence-electron chi connectivity index (χ4n) is 2.72. The van der Waals surface area contributed by atoms with E-state index in [9.17, 15) is 5.11 Å². The molecule has 0 saturated carbocycles. The molecule has 1 aromatic carbocycles. The molecule has 1 saturated heterocycles. The Bertz CT molecular complexity index is 413. The van der Waals surface area contributed by atoms with Crippen molar-refractivity contribution in [2.45, 2.75) is 45.8 Å². The molecule has 0 amide bonds. The molecule has 1 unspecified atom stereocenters. The Morgan fingerprint density at radius 3 is 2.59 bits per heavy atom. The van der Waals surface area contributed by atoms with Crippen LogP contribution in [0.5, 0.6) is 0 Å². The highest BCUT2D eigenvalue weighted by Gasteiger charge is 2.39. The summed E-state index contributed by atoms with van der Waals surface area (Å²) in [5.41, 5.74) is 2.88. The smallest absolute Gasteiger partial charge is 0.104 e. The summed E-state index contributed by atoms with van der Waals surface area (Å²) >= 11 is 0. The Labute approximate surface area is 104 Å². The van der Waals surface area contributed by atoms with Gasteiger partial charge in [0, 0.05) is 19.1 Å². The van der Waals surface area contributed by atoms with E-state index in [1.165, 1.54) is 11.1 Å². The highest BCUT2D eigenvalue weighted by Crippen LogP contribution is 2.35. The van der Waals surface area contributed by atoms with Crippen molar-refractivity contribution in [3.8, 4) is 0 Å². The van der Waals surface area contributed by atoms with Gasteiger partial charge in [0.1, 0.15) is 5.60 Å². The zero-order chi connectivity index (χ0) is 12.6. The average Bonchev–Trinajstić information content (AvgIpc) is 2.66. The van der Waals surface area contributed by atoms with E-state index in [2.05, 4.69) is 50.8 Å². The maximum absolute atomic E-state index is 10.8. The van der Waals surface area contributed by atoms with Crippen LogP contribution in [0.25, 0.3) is 0 Å². The minimum atomic E-state index is -0.652. The molecule has 0 aliphatic carbocycles. The second-order valence-corrected chi connectivity index (χ2v) is 5.66. The van der Waals surface area contributed by atoms with Crippen molar-refractivity contribution < 1.29 is 5.11 Å². The third-order valence-corrected chi connectivity index (χ3v) is 3.90. The molecular weight excluding hydrogens is 210 g/mol. The predicted molar refractivity (Wildman–Crippen MR) is 71.1 cm³/mol. The zero-order valence-corrected chi connectivity index (χ0v) is 11.3. The molecule has 94 valence electrons. The highest BCUT2D eigenvalue weighted by molar-refractivity contribution is 5.36. The fraction of sp³-hybridized carbons (Fsp3) is 0.600. The normalized spacial score (nSPS) is 25.8. The first-order valence-corrected chi connectivity index (χ1v) is 6.46. The van der Waals surface area contributed by atoms with Gasteiger partial charge in [-0.15, -0.1) is 0 Å². The standard InChI is InChI=1S/C15H23NO/c1-11(2)16-8-7-15(17,10-16)14-9-12(3)5-6-13(14)4/h5-6,9,11,17H,7-8,10H2,1-4H3. The summed E-state index contributed by atoms with van der Waals surface area (Å²) in [4.78, 5) is 2.35. The van der Waals surface area contributed by atoms with E-state index in [1.807, 2.05) is 0 Å². The summed E-state index contributed by atoms with van der Waals surface area (Å²) in [6.45, 7) is 10.3. The number of hydrogen-bond donors (Lipinski definition) is 1. The van der Waals surface area contributed by atoms with Gasteiger partial charge in [0.05, 0.1) is 0 Å². The maximum atomic E-state index is 10.8. The SMILES string of the molecule is Cc1ccc(C)c(C2(O)CCN(C(C)C)C2)c1. The van der Waals surface area contributed by atoms with Crippen LogP contribution in [0.3, 0.4) is 0 Å². The van der Waals surface area contributed by atoms with Crippen molar-refractivity contribution in [1.29, 1.82) is 0 Å². The minimum absolute atomic E-state index is 0.508. The maximum Gasteiger partial charge on any atom is 0.104 e. The molecule has 1 fully saturated rings. The van der Waals surface area contributed by atoms with Crippen LogP contribution in [0, 0.1) is 13.8 Å². The summed E-state index contributed by atoms with van der Waals surface area (Å²) in [6.07, 6.45) is 0.843. The summed E-state index contributed by atoms with van der Waals surface area (Å²) in [7, 11) is 0. The lowest BCUT2D eigenvalue weighted by Crippen LogP contribution is -2.34. The van der Waals surface area contributed by atoms with Crippen LogP contribution in [0.4, 0.5) is 0 Å². The summed E-state index contributed by atoms with van der Waals surface area (Å²) < 4.78 is 0. The second-order valence-electron chi connectivity index (χ2n) is 5.66. The van der Waals surface area contributed by atoms with Crippen LogP contribution in [-0.4, -0.2) is 29.1 Å². The van der Waals surface area contributed by atoms with Crippen molar-refractivity contribution in [3.05, 3.63) is 34.9 Å².